The van der Waals surface area contributed by atoms with Crippen LogP contribution in [0.2, 0.25) is 0 Å². The number of nitro groups is 1. The molecule has 1 aliphatic heterocycles. The topological polar surface area (TPSA) is 92.6 Å². The summed E-state index contributed by atoms with van der Waals surface area (Å²) in [6.07, 6.45) is 0.707. The second-order valence-corrected chi connectivity index (χ2v) is 5.04. The van der Waals surface area contributed by atoms with E-state index in [-0.39, 0.29) is 24.0 Å². The molecule has 1 fully saturated rings. The van der Waals surface area contributed by atoms with Crippen LogP contribution >= 0.6 is 0 Å². The van der Waals surface area contributed by atoms with E-state index in [4.69, 9.17) is 0 Å². The Labute approximate surface area is 122 Å². The van der Waals surface area contributed by atoms with E-state index in [0.717, 1.165) is 0 Å². The van der Waals surface area contributed by atoms with Gasteiger partial charge < -0.3 is 10.2 Å². The highest BCUT2D eigenvalue weighted by Gasteiger charge is 2.25. The van der Waals surface area contributed by atoms with E-state index < -0.39 is 10.8 Å². The van der Waals surface area contributed by atoms with Gasteiger partial charge in [0, 0.05) is 25.2 Å². The van der Waals surface area contributed by atoms with Crippen LogP contribution in [0.25, 0.3) is 0 Å². The highest BCUT2D eigenvalue weighted by Crippen LogP contribution is 2.22. The average Bonchev–Trinajstić information content (AvgIpc) is 2.70. The van der Waals surface area contributed by atoms with Gasteiger partial charge in [-0.05, 0) is 18.9 Å². The summed E-state index contributed by atoms with van der Waals surface area (Å²) in [7, 11) is 0. The first-order valence-electron chi connectivity index (χ1n) is 6.79. The number of rotatable bonds is 3. The molecule has 2 amide bonds. The zero-order chi connectivity index (χ0) is 15.4. The summed E-state index contributed by atoms with van der Waals surface area (Å²) in [6, 6.07) is 6.04. The van der Waals surface area contributed by atoms with Crippen molar-refractivity contribution in [1.29, 1.82) is 0 Å². The fourth-order valence-electron chi connectivity index (χ4n) is 2.32. The molecule has 7 nitrogen and oxygen atoms in total. The molecular formula is C14H17N3O4. The number of benzene rings is 1. The Kier molecular flexibility index (Phi) is 4.52. The number of nitrogens with one attached hydrogen (secondary N) is 1. The van der Waals surface area contributed by atoms with E-state index in [1.54, 1.807) is 19.1 Å². The van der Waals surface area contributed by atoms with Crippen LogP contribution in [0.5, 0.6) is 0 Å². The molecule has 1 aromatic carbocycles. The van der Waals surface area contributed by atoms with Crippen LogP contribution in [0, 0.1) is 10.1 Å². The third-order valence-corrected chi connectivity index (χ3v) is 3.52. The van der Waals surface area contributed by atoms with Gasteiger partial charge in [0.05, 0.1) is 17.4 Å². The van der Waals surface area contributed by atoms with Crippen molar-refractivity contribution >= 4 is 17.5 Å². The lowest BCUT2D eigenvalue weighted by Gasteiger charge is -2.23. The minimum atomic E-state index is -0.518. The van der Waals surface area contributed by atoms with Gasteiger partial charge in [0.1, 0.15) is 0 Å². The highest BCUT2D eigenvalue weighted by atomic mass is 16.6. The van der Waals surface area contributed by atoms with Crippen molar-refractivity contribution in [2.24, 2.45) is 0 Å². The van der Waals surface area contributed by atoms with Crippen LogP contribution in [0.1, 0.15) is 24.8 Å². The molecular weight excluding hydrogens is 274 g/mol. The zero-order valence-electron chi connectivity index (χ0n) is 11.7. The number of hydrogen-bond acceptors (Lipinski definition) is 4. The van der Waals surface area contributed by atoms with Crippen molar-refractivity contribution < 1.29 is 14.5 Å². The van der Waals surface area contributed by atoms with Crippen LogP contribution in [-0.2, 0) is 9.59 Å². The number of non-ortho nitro benzene ring substituents is 1. The van der Waals surface area contributed by atoms with Crippen molar-refractivity contribution in [2.45, 2.75) is 19.3 Å². The SMILES string of the molecule is CC(C(=O)N1CCCNC(=O)C1)c1cccc([N+](=O)[O-])c1. The van der Waals surface area contributed by atoms with Crippen molar-refractivity contribution in [2.75, 3.05) is 19.6 Å². The van der Waals surface area contributed by atoms with Crippen molar-refractivity contribution in [3.05, 3.63) is 39.9 Å². The van der Waals surface area contributed by atoms with Crippen molar-refractivity contribution in [3.63, 3.8) is 0 Å². The zero-order valence-corrected chi connectivity index (χ0v) is 11.7. The van der Waals surface area contributed by atoms with E-state index in [2.05, 4.69) is 5.32 Å². The van der Waals surface area contributed by atoms with Crippen LogP contribution < -0.4 is 5.32 Å². The Morgan fingerprint density at radius 3 is 2.95 bits per heavy atom. The predicted molar refractivity (Wildman–Crippen MR) is 75.7 cm³/mol. The van der Waals surface area contributed by atoms with Gasteiger partial charge in [0.2, 0.25) is 11.8 Å². The summed E-state index contributed by atoms with van der Waals surface area (Å²) >= 11 is 0. The lowest BCUT2D eigenvalue weighted by atomic mass is 9.99. The number of carbonyl (C=O) groups is 2. The maximum absolute atomic E-state index is 12.5. The van der Waals surface area contributed by atoms with E-state index in [1.165, 1.54) is 17.0 Å². The monoisotopic (exact) mass is 291 g/mol. The fourth-order valence-corrected chi connectivity index (χ4v) is 2.32. The second kappa shape index (κ2) is 6.34. The van der Waals surface area contributed by atoms with E-state index in [9.17, 15) is 19.7 Å². The Hall–Kier alpha value is -2.44. The van der Waals surface area contributed by atoms with Gasteiger partial charge in [-0.1, -0.05) is 12.1 Å². The van der Waals surface area contributed by atoms with E-state index in [1.807, 2.05) is 0 Å². The average molecular weight is 291 g/mol. The second-order valence-electron chi connectivity index (χ2n) is 5.04. The van der Waals surface area contributed by atoms with Crippen LogP contribution in [-0.4, -0.2) is 41.3 Å². The Bertz CT molecular complexity index is 573. The Morgan fingerprint density at radius 1 is 1.48 bits per heavy atom. The number of amides is 2. The molecule has 1 aromatic rings. The standard InChI is InChI=1S/C14H17N3O4/c1-10(11-4-2-5-12(8-11)17(20)21)14(19)16-7-3-6-15-13(18)9-16/h2,4-5,8,10H,3,6-7,9H2,1H3,(H,15,18). The van der Waals surface area contributed by atoms with Gasteiger partial charge in [-0.3, -0.25) is 19.7 Å². The van der Waals surface area contributed by atoms with Gasteiger partial charge in [0.25, 0.3) is 5.69 Å². The molecule has 0 bridgehead atoms. The maximum Gasteiger partial charge on any atom is 0.269 e. The number of nitro benzene ring substituents is 1. The number of carbonyl (C=O) groups excluding carboxylic acids is 2. The largest absolute Gasteiger partial charge is 0.354 e. The molecule has 2 rings (SSSR count). The molecule has 1 aliphatic rings. The maximum atomic E-state index is 12.5. The molecule has 21 heavy (non-hydrogen) atoms. The third kappa shape index (κ3) is 3.56. The summed E-state index contributed by atoms with van der Waals surface area (Å²) < 4.78 is 0. The predicted octanol–water partition coefficient (Wildman–Crippen LogP) is 1.05. The van der Waals surface area contributed by atoms with Gasteiger partial charge in [-0.2, -0.15) is 0 Å². The quantitative estimate of drug-likeness (QED) is 0.665. The highest BCUT2D eigenvalue weighted by molar-refractivity contribution is 5.88. The molecule has 0 spiro atoms. The van der Waals surface area contributed by atoms with Crippen LogP contribution in [0.4, 0.5) is 5.69 Å². The van der Waals surface area contributed by atoms with Gasteiger partial charge in [-0.15, -0.1) is 0 Å². The molecule has 1 N–H and O–H groups in total. The minimum absolute atomic E-state index is 0.0398. The summed E-state index contributed by atoms with van der Waals surface area (Å²) in [6.45, 7) is 2.81. The molecule has 1 saturated heterocycles. The lowest BCUT2D eigenvalue weighted by Crippen LogP contribution is -2.39. The minimum Gasteiger partial charge on any atom is -0.354 e. The third-order valence-electron chi connectivity index (χ3n) is 3.52. The van der Waals surface area contributed by atoms with Crippen LogP contribution in [0.3, 0.4) is 0 Å². The molecule has 1 unspecified atom stereocenters. The summed E-state index contributed by atoms with van der Waals surface area (Å²) in [5, 5.41) is 13.5. The first-order valence-corrected chi connectivity index (χ1v) is 6.79. The first kappa shape index (κ1) is 15.0. The smallest absolute Gasteiger partial charge is 0.269 e. The lowest BCUT2D eigenvalue weighted by molar-refractivity contribution is -0.384. The molecule has 0 aromatic heterocycles. The number of hydrogen-bond donors (Lipinski definition) is 1. The van der Waals surface area contributed by atoms with Gasteiger partial charge >= 0.3 is 0 Å². The molecule has 0 radical (unpaired) electrons. The van der Waals surface area contributed by atoms with E-state index in [0.29, 0.717) is 25.1 Å². The van der Waals surface area contributed by atoms with E-state index >= 15 is 0 Å². The molecule has 112 valence electrons. The van der Waals surface area contributed by atoms with Crippen molar-refractivity contribution in [3.8, 4) is 0 Å². The van der Waals surface area contributed by atoms with Crippen LogP contribution in [0.15, 0.2) is 24.3 Å². The summed E-state index contributed by atoms with van der Waals surface area (Å²) in [5.41, 5.74) is 0.541. The molecule has 7 heteroatoms. The molecule has 1 atom stereocenters. The Morgan fingerprint density at radius 2 is 2.24 bits per heavy atom. The normalized spacial score (nSPS) is 16.8. The molecule has 1 heterocycles. The Balaban J connectivity index is 2.16. The van der Waals surface area contributed by atoms with Gasteiger partial charge in [0.15, 0.2) is 0 Å². The van der Waals surface area contributed by atoms with Gasteiger partial charge in [-0.25, -0.2) is 0 Å². The fraction of sp³-hybridized carbons (Fsp3) is 0.429. The van der Waals surface area contributed by atoms with Crippen molar-refractivity contribution in [1.82, 2.24) is 10.2 Å². The first-order chi connectivity index (χ1) is 9.99. The number of nitrogens with zero attached hydrogens (tertiary/aromatic N) is 2. The summed E-state index contributed by atoms with van der Waals surface area (Å²) in [4.78, 5) is 35.8. The molecule has 0 saturated carbocycles. The summed E-state index contributed by atoms with van der Waals surface area (Å²) in [5.74, 6) is -0.879. The molecule has 0 aliphatic carbocycles.